The summed E-state index contributed by atoms with van der Waals surface area (Å²) < 4.78 is 10.3. The Morgan fingerprint density at radius 2 is 1.73 bits per heavy atom. The molecule has 1 aliphatic rings. The number of ether oxygens (including phenoxy) is 2. The van der Waals surface area contributed by atoms with Gasteiger partial charge in [-0.2, -0.15) is 0 Å². The Morgan fingerprint density at radius 1 is 1.03 bits per heavy atom. The molecule has 1 fully saturated rings. The van der Waals surface area contributed by atoms with Gasteiger partial charge in [-0.05, 0) is 42.5 Å². The van der Waals surface area contributed by atoms with E-state index in [4.69, 9.17) is 4.74 Å². The molecule has 0 aromatic heterocycles. The second-order valence-electron chi connectivity index (χ2n) is 8.24. The second-order valence-corrected chi connectivity index (χ2v) is 8.24. The molecule has 174 valence electrons. The second kappa shape index (κ2) is 12.1. The molecule has 0 heterocycles. The Morgan fingerprint density at radius 3 is 2.39 bits per heavy atom. The van der Waals surface area contributed by atoms with Crippen molar-refractivity contribution in [2.75, 3.05) is 7.11 Å². The molecule has 0 amide bonds. The standard InChI is InChI=1S/C27H30O6/c1-32-26(30)12-8-3-2-7-11-22-23(18-28)24(29)17-25(22)33-27(31)21-15-13-20(14-16-21)19-9-5-4-6-10-19/h2,4-7,9-10,13-16,18,22-25,29H,3,8,11-12,17H2,1H3/t22-,23-,24-,25+/m1/s1. The number of allylic oxidation sites excluding steroid dienone is 2. The molecule has 0 radical (unpaired) electrons. The molecule has 1 aliphatic carbocycles. The van der Waals surface area contributed by atoms with Gasteiger partial charge in [-0.25, -0.2) is 4.79 Å². The van der Waals surface area contributed by atoms with Crippen LogP contribution >= 0.6 is 0 Å². The molecule has 3 rings (SSSR count). The third-order valence-electron chi connectivity index (χ3n) is 6.09. The molecule has 0 saturated heterocycles. The Kier molecular flexibility index (Phi) is 8.95. The molecule has 2 aromatic carbocycles. The van der Waals surface area contributed by atoms with Crippen LogP contribution in [-0.2, 0) is 19.1 Å². The largest absolute Gasteiger partial charge is 0.469 e. The van der Waals surface area contributed by atoms with Gasteiger partial charge in [-0.1, -0.05) is 54.6 Å². The van der Waals surface area contributed by atoms with Gasteiger partial charge in [0.2, 0.25) is 0 Å². The number of hydrogen-bond acceptors (Lipinski definition) is 6. The average molecular weight is 451 g/mol. The minimum Gasteiger partial charge on any atom is -0.469 e. The zero-order valence-electron chi connectivity index (χ0n) is 18.8. The number of rotatable bonds is 10. The number of aliphatic hydroxyl groups is 1. The third-order valence-corrected chi connectivity index (χ3v) is 6.09. The fraction of sp³-hybridized carbons (Fsp3) is 0.370. The zero-order valence-corrected chi connectivity index (χ0v) is 18.8. The number of unbranched alkanes of at least 4 members (excludes halogenated alkanes) is 1. The molecule has 0 spiro atoms. The third kappa shape index (κ3) is 6.62. The van der Waals surface area contributed by atoms with E-state index in [0.717, 1.165) is 17.4 Å². The Hall–Kier alpha value is -3.25. The van der Waals surface area contributed by atoms with Crippen LogP contribution in [0.1, 0.15) is 42.5 Å². The maximum Gasteiger partial charge on any atom is 0.338 e. The number of carbonyl (C=O) groups excluding carboxylic acids is 3. The molecule has 33 heavy (non-hydrogen) atoms. The van der Waals surface area contributed by atoms with E-state index in [-0.39, 0.29) is 18.3 Å². The average Bonchev–Trinajstić information content (AvgIpc) is 3.15. The summed E-state index contributed by atoms with van der Waals surface area (Å²) >= 11 is 0. The molecular formula is C27H30O6. The van der Waals surface area contributed by atoms with Crippen molar-refractivity contribution in [2.24, 2.45) is 11.8 Å². The van der Waals surface area contributed by atoms with Gasteiger partial charge >= 0.3 is 11.9 Å². The summed E-state index contributed by atoms with van der Waals surface area (Å²) in [6, 6.07) is 17.1. The van der Waals surface area contributed by atoms with Crippen LogP contribution in [-0.4, -0.2) is 42.6 Å². The van der Waals surface area contributed by atoms with E-state index in [1.807, 2.05) is 54.6 Å². The number of methoxy groups -OCH3 is 1. The summed E-state index contributed by atoms with van der Waals surface area (Å²) in [6.45, 7) is 0. The van der Waals surface area contributed by atoms with Crippen LogP contribution in [0.2, 0.25) is 0 Å². The lowest BCUT2D eigenvalue weighted by atomic mass is 9.91. The summed E-state index contributed by atoms with van der Waals surface area (Å²) in [5, 5.41) is 10.3. The van der Waals surface area contributed by atoms with Gasteiger partial charge in [0, 0.05) is 24.7 Å². The van der Waals surface area contributed by atoms with Crippen LogP contribution in [0, 0.1) is 11.8 Å². The highest BCUT2D eigenvalue weighted by Crippen LogP contribution is 2.36. The molecule has 0 unspecified atom stereocenters. The molecule has 1 N–H and O–H groups in total. The smallest absolute Gasteiger partial charge is 0.338 e. The lowest BCUT2D eigenvalue weighted by molar-refractivity contribution is -0.140. The Bertz CT molecular complexity index is 950. The summed E-state index contributed by atoms with van der Waals surface area (Å²) in [5.41, 5.74) is 2.49. The van der Waals surface area contributed by atoms with Crippen molar-refractivity contribution in [3.05, 3.63) is 72.3 Å². The van der Waals surface area contributed by atoms with E-state index in [2.05, 4.69) is 4.74 Å². The maximum atomic E-state index is 12.7. The van der Waals surface area contributed by atoms with Gasteiger partial charge in [-0.15, -0.1) is 0 Å². The van der Waals surface area contributed by atoms with Gasteiger partial charge in [-0.3, -0.25) is 4.79 Å². The molecule has 6 heteroatoms. The highest BCUT2D eigenvalue weighted by Gasteiger charge is 2.44. The lowest BCUT2D eigenvalue weighted by Crippen LogP contribution is -2.26. The van der Waals surface area contributed by atoms with Crippen LogP contribution in [0.5, 0.6) is 0 Å². The van der Waals surface area contributed by atoms with Gasteiger partial charge in [0.1, 0.15) is 12.4 Å². The molecule has 0 bridgehead atoms. The van der Waals surface area contributed by atoms with Crippen molar-refractivity contribution in [3.8, 4) is 11.1 Å². The number of hydrogen-bond donors (Lipinski definition) is 1. The molecule has 2 aromatic rings. The highest BCUT2D eigenvalue weighted by atomic mass is 16.5. The first-order valence-electron chi connectivity index (χ1n) is 11.2. The van der Waals surface area contributed by atoms with Crippen molar-refractivity contribution in [2.45, 2.75) is 44.3 Å². The minimum absolute atomic E-state index is 0.234. The minimum atomic E-state index is -0.835. The topological polar surface area (TPSA) is 89.9 Å². The predicted molar refractivity (Wildman–Crippen MR) is 124 cm³/mol. The molecule has 6 nitrogen and oxygen atoms in total. The maximum absolute atomic E-state index is 12.7. The quantitative estimate of drug-likeness (QED) is 0.250. The number of esters is 2. The van der Waals surface area contributed by atoms with Crippen molar-refractivity contribution in [3.63, 3.8) is 0 Å². The van der Waals surface area contributed by atoms with E-state index in [9.17, 15) is 19.5 Å². The summed E-state index contributed by atoms with van der Waals surface area (Å²) in [4.78, 5) is 35.5. The molecule has 1 saturated carbocycles. The molecule has 4 atom stereocenters. The fourth-order valence-electron chi connectivity index (χ4n) is 4.21. The lowest BCUT2D eigenvalue weighted by Gasteiger charge is -2.21. The monoisotopic (exact) mass is 450 g/mol. The van der Waals surface area contributed by atoms with Crippen LogP contribution in [0.3, 0.4) is 0 Å². The van der Waals surface area contributed by atoms with Crippen LogP contribution in [0.4, 0.5) is 0 Å². The Balaban J connectivity index is 1.59. The zero-order chi connectivity index (χ0) is 23.6. The number of benzene rings is 2. The van der Waals surface area contributed by atoms with Gasteiger partial charge in [0.05, 0.1) is 18.8 Å². The number of aliphatic hydroxyl groups excluding tert-OH is 1. The Labute approximate surface area is 194 Å². The van der Waals surface area contributed by atoms with Crippen LogP contribution < -0.4 is 0 Å². The van der Waals surface area contributed by atoms with Gasteiger partial charge < -0.3 is 19.4 Å². The van der Waals surface area contributed by atoms with Gasteiger partial charge in [0.15, 0.2) is 0 Å². The number of aldehydes is 1. The van der Waals surface area contributed by atoms with E-state index < -0.39 is 24.1 Å². The van der Waals surface area contributed by atoms with E-state index >= 15 is 0 Å². The van der Waals surface area contributed by atoms with Crippen molar-refractivity contribution < 1.29 is 29.0 Å². The SMILES string of the molecule is COC(=O)CCCC=CC[C@@H]1[C@@H](C=O)[C@H](O)C[C@@H]1OC(=O)c1ccc(-c2ccccc2)cc1. The first-order valence-corrected chi connectivity index (χ1v) is 11.2. The van der Waals surface area contributed by atoms with Crippen LogP contribution in [0.25, 0.3) is 11.1 Å². The van der Waals surface area contributed by atoms with E-state index in [1.165, 1.54) is 7.11 Å². The van der Waals surface area contributed by atoms with E-state index in [1.54, 1.807) is 12.1 Å². The first kappa shape index (κ1) is 24.4. The predicted octanol–water partition coefficient (Wildman–Crippen LogP) is 4.36. The van der Waals surface area contributed by atoms with Crippen molar-refractivity contribution in [1.82, 2.24) is 0 Å². The summed E-state index contributed by atoms with van der Waals surface area (Å²) in [5.74, 6) is -1.58. The molecule has 0 aliphatic heterocycles. The fourth-order valence-corrected chi connectivity index (χ4v) is 4.21. The van der Waals surface area contributed by atoms with Crippen molar-refractivity contribution >= 4 is 18.2 Å². The molecular weight excluding hydrogens is 420 g/mol. The first-order chi connectivity index (χ1) is 16.0. The summed E-state index contributed by atoms with van der Waals surface area (Å²) in [7, 11) is 1.36. The van der Waals surface area contributed by atoms with Gasteiger partial charge in [0.25, 0.3) is 0 Å². The van der Waals surface area contributed by atoms with Crippen LogP contribution in [0.15, 0.2) is 66.7 Å². The highest BCUT2D eigenvalue weighted by molar-refractivity contribution is 5.90. The van der Waals surface area contributed by atoms with Crippen molar-refractivity contribution in [1.29, 1.82) is 0 Å². The normalized spacial score (nSPS) is 22.2. The number of carbonyl (C=O) groups is 3. The summed E-state index contributed by atoms with van der Waals surface area (Å²) in [6.07, 6.45) is 5.70. The van der Waals surface area contributed by atoms with E-state index in [0.29, 0.717) is 31.2 Å².